The highest BCUT2D eigenvalue weighted by atomic mass is 19.4. The van der Waals surface area contributed by atoms with Crippen LogP contribution < -0.4 is 15.0 Å². The van der Waals surface area contributed by atoms with E-state index in [4.69, 9.17) is 4.74 Å². The summed E-state index contributed by atoms with van der Waals surface area (Å²) < 4.78 is 96.0. The van der Waals surface area contributed by atoms with E-state index in [1.807, 2.05) is 0 Å². The van der Waals surface area contributed by atoms with Crippen LogP contribution in [0, 0.1) is 5.82 Å². The van der Waals surface area contributed by atoms with E-state index in [9.17, 15) is 40.3 Å². The van der Waals surface area contributed by atoms with Gasteiger partial charge >= 0.3 is 12.4 Å². The summed E-state index contributed by atoms with van der Waals surface area (Å²) in [4.78, 5) is 25.6. The van der Waals surface area contributed by atoms with Gasteiger partial charge in [-0.05, 0) is 43.3 Å². The average molecular weight is 450 g/mol. The van der Waals surface area contributed by atoms with E-state index < -0.39 is 59.5 Å². The Morgan fingerprint density at radius 2 is 1.61 bits per heavy atom. The molecule has 0 spiro atoms. The van der Waals surface area contributed by atoms with Crippen LogP contribution in [0.2, 0.25) is 0 Å². The van der Waals surface area contributed by atoms with Gasteiger partial charge < -0.3 is 10.1 Å². The van der Waals surface area contributed by atoms with Crippen molar-refractivity contribution in [3.05, 3.63) is 53.3 Å². The molecule has 2 amide bonds. The minimum atomic E-state index is -5.08. The first kappa shape index (κ1) is 22.4. The number of nitrogens with one attached hydrogen (secondary N) is 1. The molecule has 0 saturated heterocycles. The molecule has 1 N–H and O–H groups in total. The molecule has 3 rings (SSSR count). The van der Waals surface area contributed by atoms with Gasteiger partial charge in [0, 0.05) is 0 Å². The summed E-state index contributed by atoms with van der Waals surface area (Å²) in [6.45, 7) is 0.374. The lowest BCUT2D eigenvalue weighted by molar-refractivity contribution is -0.143. The van der Waals surface area contributed by atoms with Crippen molar-refractivity contribution in [3.63, 3.8) is 0 Å². The van der Waals surface area contributed by atoms with E-state index in [-0.39, 0.29) is 17.4 Å². The van der Waals surface area contributed by atoms with Crippen LogP contribution in [0.1, 0.15) is 18.1 Å². The van der Waals surface area contributed by atoms with Crippen molar-refractivity contribution in [1.29, 1.82) is 0 Å². The summed E-state index contributed by atoms with van der Waals surface area (Å²) in [5.74, 6) is -3.11. The van der Waals surface area contributed by atoms with Gasteiger partial charge in [0.25, 0.3) is 5.91 Å². The minimum Gasteiger partial charge on any atom is -0.484 e. The number of hydrogen-bond acceptors (Lipinski definition) is 3. The average Bonchev–Trinajstić information content (AvgIpc) is 2.65. The summed E-state index contributed by atoms with van der Waals surface area (Å²) >= 11 is 0. The molecule has 2 aromatic rings. The number of benzene rings is 2. The molecule has 5 nitrogen and oxygen atoms in total. The molecule has 0 aromatic heterocycles. The van der Waals surface area contributed by atoms with E-state index >= 15 is 0 Å². The summed E-state index contributed by atoms with van der Waals surface area (Å²) in [6, 6.07) is 2.69. The Morgan fingerprint density at radius 3 is 2.16 bits per heavy atom. The first-order valence-electron chi connectivity index (χ1n) is 8.62. The van der Waals surface area contributed by atoms with Crippen molar-refractivity contribution < 1.29 is 45.1 Å². The molecule has 166 valence electrons. The Bertz CT molecular complexity index is 1000. The minimum absolute atomic E-state index is 0.0186. The zero-order chi connectivity index (χ0) is 23.1. The second kappa shape index (κ2) is 7.75. The number of halogens is 7. The SMILES string of the molecule is CC1C(=O)Nc2cc(F)ccc2N1C(=O)COc1cc(C(F)(F)F)cc(C(F)(F)F)c1. The maximum absolute atomic E-state index is 13.4. The van der Waals surface area contributed by atoms with E-state index in [0.29, 0.717) is 12.1 Å². The molecular weight excluding hydrogens is 437 g/mol. The molecule has 31 heavy (non-hydrogen) atoms. The fraction of sp³-hybridized carbons (Fsp3) is 0.263. The number of carbonyl (C=O) groups excluding carboxylic acids is 2. The number of ether oxygens (including phenoxy) is 1. The molecular formula is C19H13F7N2O3. The number of alkyl halides is 6. The van der Waals surface area contributed by atoms with Crippen LogP contribution in [0.5, 0.6) is 5.75 Å². The fourth-order valence-corrected chi connectivity index (χ4v) is 2.96. The van der Waals surface area contributed by atoms with Crippen LogP contribution >= 0.6 is 0 Å². The van der Waals surface area contributed by atoms with Crippen molar-refractivity contribution >= 4 is 23.2 Å². The predicted molar refractivity (Wildman–Crippen MR) is 93.9 cm³/mol. The van der Waals surface area contributed by atoms with Crippen LogP contribution in [0.15, 0.2) is 36.4 Å². The highest BCUT2D eigenvalue weighted by Crippen LogP contribution is 2.38. The number of rotatable bonds is 3. The van der Waals surface area contributed by atoms with Gasteiger partial charge in [0.05, 0.1) is 22.5 Å². The highest BCUT2D eigenvalue weighted by molar-refractivity contribution is 6.12. The summed E-state index contributed by atoms with van der Waals surface area (Å²) in [7, 11) is 0. The van der Waals surface area contributed by atoms with Gasteiger partial charge in [-0.15, -0.1) is 0 Å². The molecule has 1 heterocycles. The number of anilines is 2. The summed E-state index contributed by atoms with van der Waals surface area (Å²) in [5.41, 5.74) is -3.12. The Labute approximate surface area is 170 Å². The monoisotopic (exact) mass is 450 g/mol. The molecule has 0 aliphatic carbocycles. The number of carbonyl (C=O) groups is 2. The number of hydrogen-bond donors (Lipinski definition) is 1. The maximum Gasteiger partial charge on any atom is 0.416 e. The van der Waals surface area contributed by atoms with Crippen LogP contribution in [0.25, 0.3) is 0 Å². The van der Waals surface area contributed by atoms with E-state index in [0.717, 1.165) is 17.0 Å². The largest absolute Gasteiger partial charge is 0.484 e. The molecule has 1 aliphatic rings. The number of amides is 2. The second-order valence-corrected chi connectivity index (χ2v) is 6.62. The van der Waals surface area contributed by atoms with Crippen molar-refractivity contribution in [1.82, 2.24) is 0 Å². The third kappa shape index (κ3) is 4.72. The molecule has 12 heteroatoms. The van der Waals surface area contributed by atoms with Gasteiger partial charge in [-0.25, -0.2) is 4.39 Å². The zero-order valence-electron chi connectivity index (χ0n) is 15.6. The first-order chi connectivity index (χ1) is 14.3. The van der Waals surface area contributed by atoms with Crippen molar-refractivity contribution in [3.8, 4) is 5.75 Å². The molecule has 1 atom stereocenters. The molecule has 1 aliphatic heterocycles. The predicted octanol–water partition coefficient (Wildman–Crippen LogP) is 4.62. The van der Waals surface area contributed by atoms with Gasteiger partial charge in [0.15, 0.2) is 6.61 Å². The normalized spacial score (nSPS) is 16.6. The van der Waals surface area contributed by atoms with Gasteiger partial charge in [0.2, 0.25) is 5.91 Å². The molecule has 0 radical (unpaired) electrons. The van der Waals surface area contributed by atoms with Gasteiger partial charge in [-0.1, -0.05) is 0 Å². The van der Waals surface area contributed by atoms with Crippen LogP contribution in [-0.4, -0.2) is 24.5 Å². The molecule has 0 bridgehead atoms. The first-order valence-corrected chi connectivity index (χ1v) is 8.62. The summed E-state index contributed by atoms with van der Waals surface area (Å²) in [6.07, 6.45) is -10.2. The molecule has 1 unspecified atom stereocenters. The Kier molecular flexibility index (Phi) is 5.59. The third-order valence-corrected chi connectivity index (χ3v) is 4.43. The molecule has 2 aromatic carbocycles. The second-order valence-electron chi connectivity index (χ2n) is 6.62. The van der Waals surface area contributed by atoms with Crippen LogP contribution in [-0.2, 0) is 21.9 Å². The Hall–Kier alpha value is -3.31. The topological polar surface area (TPSA) is 58.6 Å². The van der Waals surface area contributed by atoms with Crippen molar-refractivity contribution in [2.45, 2.75) is 25.3 Å². The highest BCUT2D eigenvalue weighted by Gasteiger charge is 2.38. The standard InChI is InChI=1S/C19H13F7N2O3/c1-9-17(30)27-14-7-12(20)2-3-15(14)28(9)16(29)8-31-13-5-10(18(21,22)23)4-11(6-13)19(24,25)26/h2-7,9H,8H2,1H3,(H,27,30). The van der Waals surface area contributed by atoms with E-state index in [2.05, 4.69) is 5.32 Å². The lowest BCUT2D eigenvalue weighted by atomic mass is 10.1. The van der Waals surface area contributed by atoms with Crippen molar-refractivity contribution in [2.24, 2.45) is 0 Å². The number of fused-ring (bicyclic) bond motifs is 1. The lowest BCUT2D eigenvalue weighted by Gasteiger charge is -2.34. The van der Waals surface area contributed by atoms with Gasteiger partial charge in [-0.3, -0.25) is 14.5 Å². The van der Waals surface area contributed by atoms with Gasteiger partial charge in [0.1, 0.15) is 17.6 Å². The molecule has 0 fully saturated rings. The lowest BCUT2D eigenvalue weighted by Crippen LogP contribution is -2.50. The quantitative estimate of drug-likeness (QED) is 0.695. The van der Waals surface area contributed by atoms with Crippen LogP contribution in [0.3, 0.4) is 0 Å². The van der Waals surface area contributed by atoms with Crippen molar-refractivity contribution in [2.75, 3.05) is 16.8 Å². The van der Waals surface area contributed by atoms with Gasteiger partial charge in [-0.2, -0.15) is 26.3 Å². The van der Waals surface area contributed by atoms with E-state index in [1.165, 1.54) is 13.0 Å². The maximum atomic E-state index is 13.4. The Morgan fingerprint density at radius 1 is 1.03 bits per heavy atom. The smallest absolute Gasteiger partial charge is 0.416 e. The molecule has 0 saturated carbocycles. The number of nitrogens with zero attached hydrogens (tertiary/aromatic N) is 1. The third-order valence-electron chi connectivity index (χ3n) is 4.43. The summed E-state index contributed by atoms with van der Waals surface area (Å²) in [5, 5.41) is 2.39. The zero-order valence-corrected chi connectivity index (χ0v) is 15.6. The Balaban J connectivity index is 1.88. The van der Waals surface area contributed by atoms with Crippen LogP contribution in [0.4, 0.5) is 42.1 Å². The fourth-order valence-electron chi connectivity index (χ4n) is 2.96. The van der Waals surface area contributed by atoms with E-state index in [1.54, 1.807) is 0 Å².